The van der Waals surface area contributed by atoms with Crippen LogP contribution in [0.1, 0.15) is 0 Å². The lowest BCUT2D eigenvalue weighted by Crippen LogP contribution is -2.22. The monoisotopic (exact) mass is 320 g/mol. The van der Waals surface area contributed by atoms with Crippen molar-refractivity contribution in [2.75, 3.05) is 20.4 Å². The third-order valence-electron chi connectivity index (χ3n) is 3.34. The summed E-state index contributed by atoms with van der Waals surface area (Å²) in [7, 11) is -0.177. The molecule has 1 N–H and O–H groups in total. The van der Waals surface area contributed by atoms with Gasteiger partial charge in [0.2, 0.25) is 0 Å². The second kappa shape index (κ2) is 6.67. The van der Waals surface area contributed by atoms with Crippen molar-refractivity contribution in [3.63, 3.8) is 0 Å². The molecule has 0 saturated heterocycles. The van der Waals surface area contributed by atoms with Gasteiger partial charge in [-0.1, -0.05) is 0 Å². The zero-order valence-electron chi connectivity index (χ0n) is 12.4. The van der Waals surface area contributed by atoms with Gasteiger partial charge in [0.25, 0.3) is 0 Å². The normalized spacial score (nSPS) is 11.0. The molecule has 0 saturated carbocycles. The van der Waals surface area contributed by atoms with E-state index in [1.54, 1.807) is 48.5 Å². The van der Waals surface area contributed by atoms with Gasteiger partial charge in [-0.3, -0.25) is 4.79 Å². The maximum atomic E-state index is 13.4. The van der Waals surface area contributed by atoms with Gasteiger partial charge in [-0.2, -0.15) is 0 Å². The van der Waals surface area contributed by atoms with Crippen LogP contribution in [-0.2, 0) is 9.36 Å². The molecule has 5 nitrogen and oxygen atoms in total. The Balaban J connectivity index is 2.50. The Morgan fingerprint density at radius 3 is 1.55 bits per heavy atom. The highest BCUT2D eigenvalue weighted by molar-refractivity contribution is 7.79. The molecule has 0 atom stereocenters. The molecule has 0 spiro atoms. The molecule has 0 heterocycles. The molecular formula is C16H17O5P. The van der Waals surface area contributed by atoms with Gasteiger partial charge >= 0.3 is 5.97 Å². The number of methoxy groups -OCH3 is 2. The van der Waals surface area contributed by atoms with E-state index in [0.717, 1.165) is 0 Å². The van der Waals surface area contributed by atoms with Crippen molar-refractivity contribution in [1.29, 1.82) is 0 Å². The molecule has 6 heteroatoms. The first-order chi connectivity index (χ1) is 10.5. The molecular weight excluding hydrogens is 303 g/mol. The summed E-state index contributed by atoms with van der Waals surface area (Å²) < 4.78 is 23.5. The molecule has 2 aromatic rings. The number of ether oxygens (including phenoxy) is 2. The Bertz CT molecular complexity index is 640. The number of rotatable bonds is 6. The Morgan fingerprint density at radius 2 is 1.27 bits per heavy atom. The number of hydrogen-bond acceptors (Lipinski definition) is 4. The van der Waals surface area contributed by atoms with Gasteiger partial charge in [-0.05, 0) is 48.5 Å². The summed E-state index contributed by atoms with van der Waals surface area (Å²) in [4.78, 5) is 11.2. The lowest BCUT2D eigenvalue weighted by molar-refractivity contribution is -0.134. The Hall–Kier alpha value is -2.26. The van der Waals surface area contributed by atoms with E-state index < -0.39 is 19.3 Å². The predicted octanol–water partition coefficient (Wildman–Crippen LogP) is 2.10. The smallest absolute Gasteiger partial charge is 0.311 e. The standard InChI is InChI=1S/C16H17O5P/c1-20-12-3-7-14(8-4-12)22(19,11-16(17)18)15-9-5-13(21-2)6-10-15/h3-10H,11H2,1-2H3,(H,17,18). The van der Waals surface area contributed by atoms with Crippen LogP contribution in [0.2, 0.25) is 0 Å². The van der Waals surface area contributed by atoms with Crippen LogP contribution < -0.4 is 20.1 Å². The molecule has 2 aromatic carbocycles. The molecule has 0 unspecified atom stereocenters. The highest BCUT2D eigenvalue weighted by Crippen LogP contribution is 2.43. The van der Waals surface area contributed by atoms with E-state index in [2.05, 4.69) is 0 Å². The van der Waals surface area contributed by atoms with Gasteiger partial charge in [-0.15, -0.1) is 0 Å². The second-order valence-corrected chi connectivity index (χ2v) is 7.52. The fourth-order valence-corrected chi connectivity index (χ4v) is 4.47. The predicted molar refractivity (Wildman–Crippen MR) is 85.4 cm³/mol. The molecule has 0 radical (unpaired) electrons. The maximum absolute atomic E-state index is 13.4. The van der Waals surface area contributed by atoms with Crippen LogP contribution in [-0.4, -0.2) is 31.5 Å². The summed E-state index contributed by atoms with van der Waals surface area (Å²) in [6, 6.07) is 13.3. The van der Waals surface area contributed by atoms with Crippen LogP contribution in [0.4, 0.5) is 0 Å². The molecule has 0 aliphatic carbocycles. The van der Waals surface area contributed by atoms with E-state index in [9.17, 15) is 9.36 Å². The fourth-order valence-electron chi connectivity index (χ4n) is 2.17. The second-order valence-electron chi connectivity index (χ2n) is 4.69. The summed E-state index contributed by atoms with van der Waals surface area (Å²) in [6.45, 7) is 0. The Kier molecular flexibility index (Phi) is 4.88. The van der Waals surface area contributed by atoms with Gasteiger partial charge in [-0.25, -0.2) is 0 Å². The van der Waals surface area contributed by atoms with Crippen molar-refractivity contribution >= 4 is 23.7 Å². The number of hydrogen-bond donors (Lipinski definition) is 1. The van der Waals surface area contributed by atoms with Gasteiger partial charge in [0, 0.05) is 10.6 Å². The van der Waals surface area contributed by atoms with Gasteiger partial charge in [0.05, 0.1) is 14.2 Å². The lowest BCUT2D eigenvalue weighted by atomic mass is 10.3. The molecule has 0 fully saturated rings. The maximum Gasteiger partial charge on any atom is 0.311 e. The zero-order valence-corrected chi connectivity index (χ0v) is 13.2. The third kappa shape index (κ3) is 3.31. The fraction of sp³-hybridized carbons (Fsp3) is 0.188. The van der Waals surface area contributed by atoms with Crippen LogP contribution in [0, 0.1) is 0 Å². The van der Waals surface area contributed by atoms with Gasteiger partial charge in [0.1, 0.15) is 17.7 Å². The summed E-state index contributed by atoms with van der Waals surface area (Å²) in [5.41, 5.74) is 0. The minimum absolute atomic E-state index is 0.439. The summed E-state index contributed by atoms with van der Waals surface area (Å²) in [5, 5.41) is 10.1. The third-order valence-corrected chi connectivity index (χ3v) is 6.32. The summed E-state index contributed by atoms with van der Waals surface area (Å²) in [6.07, 6.45) is -0.439. The first-order valence-corrected chi connectivity index (χ1v) is 8.49. The Labute approximate surface area is 128 Å². The van der Waals surface area contributed by atoms with Gasteiger partial charge < -0.3 is 19.1 Å². The van der Waals surface area contributed by atoms with Crippen molar-refractivity contribution < 1.29 is 23.9 Å². The number of aliphatic carboxylic acids is 1. The van der Waals surface area contributed by atoms with E-state index in [4.69, 9.17) is 14.6 Å². The van der Waals surface area contributed by atoms with Crippen LogP contribution in [0.5, 0.6) is 11.5 Å². The first kappa shape index (κ1) is 16.1. The number of benzene rings is 2. The topological polar surface area (TPSA) is 72.8 Å². The molecule has 0 bridgehead atoms. The minimum atomic E-state index is -3.25. The van der Waals surface area contributed by atoms with Crippen molar-refractivity contribution in [3.8, 4) is 11.5 Å². The molecule has 2 rings (SSSR count). The molecule has 116 valence electrons. The van der Waals surface area contributed by atoms with Crippen molar-refractivity contribution in [2.24, 2.45) is 0 Å². The largest absolute Gasteiger partial charge is 0.497 e. The van der Waals surface area contributed by atoms with E-state index in [0.29, 0.717) is 22.1 Å². The van der Waals surface area contributed by atoms with Crippen molar-refractivity contribution in [2.45, 2.75) is 0 Å². The average molecular weight is 320 g/mol. The highest BCUT2D eigenvalue weighted by atomic mass is 31.2. The molecule has 0 amide bonds. The molecule has 0 aliphatic rings. The Morgan fingerprint density at radius 1 is 0.909 bits per heavy atom. The van der Waals surface area contributed by atoms with Crippen LogP contribution >= 0.6 is 7.14 Å². The highest BCUT2D eigenvalue weighted by Gasteiger charge is 2.30. The minimum Gasteiger partial charge on any atom is -0.497 e. The summed E-state index contributed by atoms with van der Waals surface area (Å²) in [5.74, 6) is 0.149. The molecule has 22 heavy (non-hydrogen) atoms. The summed E-state index contributed by atoms with van der Waals surface area (Å²) >= 11 is 0. The van der Waals surface area contributed by atoms with Crippen molar-refractivity contribution in [3.05, 3.63) is 48.5 Å². The van der Waals surface area contributed by atoms with Crippen LogP contribution in [0.25, 0.3) is 0 Å². The van der Waals surface area contributed by atoms with Crippen molar-refractivity contribution in [1.82, 2.24) is 0 Å². The number of carbonyl (C=O) groups is 1. The lowest BCUT2D eigenvalue weighted by Gasteiger charge is -2.18. The van der Waals surface area contributed by atoms with E-state index >= 15 is 0 Å². The number of carboxylic acid groups (broad SMARTS) is 1. The zero-order chi connectivity index (χ0) is 16.2. The first-order valence-electron chi connectivity index (χ1n) is 6.59. The quantitative estimate of drug-likeness (QED) is 0.825. The molecule has 0 aliphatic heterocycles. The number of carboxylic acids is 1. The van der Waals surface area contributed by atoms with E-state index in [1.165, 1.54) is 14.2 Å². The SMILES string of the molecule is COc1ccc(P(=O)(CC(=O)O)c2ccc(OC)cc2)cc1. The van der Waals surface area contributed by atoms with Gasteiger partial charge in [0.15, 0.2) is 7.14 Å². The van der Waals surface area contributed by atoms with Crippen LogP contribution in [0.15, 0.2) is 48.5 Å². The van der Waals surface area contributed by atoms with E-state index in [-0.39, 0.29) is 0 Å². The van der Waals surface area contributed by atoms with Crippen LogP contribution in [0.3, 0.4) is 0 Å². The van der Waals surface area contributed by atoms with E-state index in [1.807, 2.05) is 0 Å². The average Bonchev–Trinajstić information content (AvgIpc) is 2.54. The molecule has 0 aromatic heterocycles.